The zero-order valence-electron chi connectivity index (χ0n) is 15.4. The lowest BCUT2D eigenvalue weighted by atomic mass is 10.0. The van der Waals surface area contributed by atoms with E-state index in [0.29, 0.717) is 23.4 Å². The quantitative estimate of drug-likeness (QED) is 0.605. The first-order valence-corrected chi connectivity index (χ1v) is 10.1. The molecule has 0 spiro atoms. The smallest absolute Gasteiger partial charge is 0.268 e. The highest BCUT2D eigenvalue weighted by molar-refractivity contribution is 7.98. The van der Waals surface area contributed by atoms with Gasteiger partial charge in [0.05, 0.1) is 10.7 Å². The van der Waals surface area contributed by atoms with Crippen LogP contribution in [-0.2, 0) is 15.4 Å². The molecule has 146 valence electrons. The molecule has 29 heavy (non-hydrogen) atoms. The molecule has 0 bridgehead atoms. The topological polar surface area (TPSA) is 63.6 Å². The van der Waals surface area contributed by atoms with Gasteiger partial charge in [-0.2, -0.15) is 0 Å². The predicted molar refractivity (Wildman–Crippen MR) is 111 cm³/mol. The highest BCUT2D eigenvalue weighted by Gasteiger charge is 2.29. The lowest BCUT2D eigenvalue weighted by molar-refractivity contribution is -0.125. The van der Waals surface area contributed by atoms with Gasteiger partial charge in [0, 0.05) is 29.6 Å². The van der Waals surface area contributed by atoms with Crippen LogP contribution in [0.25, 0.3) is 0 Å². The van der Waals surface area contributed by atoms with E-state index < -0.39 is 6.10 Å². The largest absolute Gasteiger partial charge is 0.382 e. The number of carbonyl (C=O) groups is 1. The number of anilines is 1. The van der Waals surface area contributed by atoms with Crippen LogP contribution in [0.4, 0.5) is 10.1 Å². The van der Waals surface area contributed by atoms with Crippen molar-refractivity contribution in [1.29, 1.82) is 0 Å². The Morgan fingerprint density at radius 3 is 2.86 bits per heavy atom. The van der Waals surface area contributed by atoms with Gasteiger partial charge in [0.1, 0.15) is 5.82 Å². The molecule has 0 fully saturated rings. The molecule has 5 nitrogen and oxygen atoms in total. The molecule has 0 radical (unpaired) electrons. The Bertz CT molecular complexity index is 1040. The van der Waals surface area contributed by atoms with Gasteiger partial charge < -0.3 is 10.2 Å². The van der Waals surface area contributed by atoms with Crippen molar-refractivity contribution in [2.24, 2.45) is 5.16 Å². The second kappa shape index (κ2) is 8.87. The minimum Gasteiger partial charge on any atom is -0.382 e. The predicted octanol–water partition coefficient (Wildman–Crippen LogP) is 4.64. The third-order valence-electron chi connectivity index (χ3n) is 4.34. The standard InChI is InChI=1S/C22H18FN3O2S/c23-17-7-4-6-16(12-17)19-13-20(28-26-19)22(27)25-18-8-3-5-15(11-18)14-29-21-9-1-2-10-24-21/h1-12,20H,13-14H2,(H,25,27). The van der Waals surface area contributed by atoms with Crippen molar-refractivity contribution in [2.45, 2.75) is 23.3 Å². The van der Waals surface area contributed by atoms with Gasteiger partial charge in [0.2, 0.25) is 6.10 Å². The summed E-state index contributed by atoms with van der Waals surface area (Å²) in [5, 5.41) is 7.77. The summed E-state index contributed by atoms with van der Waals surface area (Å²) in [6.07, 6.45) is 1.32. The number of halogens is 1. The number of carbonyl (C=O) groups excluding carboxylic acids is 1. The second-order valence-electron chi connectivity index (χ2n) is 6.49. The number of rotatable bonds is 6. The Labute approximate surface area is 172 Å². The van der Waals surface area contributed by atoms with E-state index in [9.17, 15) is 9.18 Å². The maximum Gasteiger partial charge on any atom is 0.268 e. The number of nitrogens with zero attached hydrogens (tertiary/aromatic N) is 2. The van der Waals surface area contributed by atoms with E-state index in [4.69, 9.17) is 4.84 Å². The SMILES string of the molecule is O=C(Nc1cccc(CSc2ccccn2)c1)C1CC(c2cccc(F)c2)=NO1. The number of nitrogens with one attached hydrogen (secondary N) is 1. The number of benzene rings is 2. The molecule has 3 aromatic rings. The van der Waals surface area contributed by atoms with Crippen molar-refractivity contribution in [1.82, 2.24) is 4.98 Å². The normalized spacial score (nSPS) is 15.5. The minimum absolute atomic E-state index is 0.283. The Balaban J connectivity index is 1.34. The van der Waals surface area contributed by atoms with E-state index in [1.807, 2.05) is 42.5 Å². The fourth-order valence-electron chi connectivity index (χ4n) is 2.91. The fraction of sp³-hybridized carbons (Fsp3) is 0.136. The Hall–Kier alpha value is -3.19. The molecular formula is C22H18FN3O2S. The molecule has 1 unspecified atom stereocenters. The van der Waals surface area contributed by atoms with Crippen LogP contribution in [0.3, 0.4) is 0 Å². The van der Waals surface area contributed by atoms with Crippen LogP contribution in [-0.4, -0.2) is 22.7 Å². The molecular weight excluding hydrogens is 389 g/mol. The van der Waals surface area contributed by atoms with E-state index in [-0.39, 0.29) is 11.7 Å². The van der Waals surface area contributed by atoms with Crippen molar-refractivity contribution in [3.63, 3.8) is 0 Å². The number of oxime groups is 1. The van der Waals surface area contributed by atoms with E-state index in [1.165, 1.54) is 12.1 Å². The average molecular weight is 407 g/mol. The van der Waals surface area contributed by atoms with Gasteiger partial charge in [0.15, 0.2) is 0 Å². The monoisotopic (exact) mass is 407 g/mol. The number of hydrogen-bond donors (Lipinski definition) is 1. The van der Waals surface area contributed by atoms with Gasteiger partial charge in [-0.3, -0.25) is 4.79 Å². The fourth-order valence-corrected chi connectivity index (χ4v) is 3.71. The summed E-state index contributed by atoms with van der Waals surface area (Å²) >= 11 is 1.63. The molecule has 1 amide bonds. The van der Waals surface area contributed by atoms with Crippen molar-refractivity contribution < 1.29 is 14.0 Å². The zero-order chi connectivity index (χ0) is 20.1. The van der Waals surface area contributed by atoms with E-state index in [2.05, 4.69) is 15.5 Å². The number of hydrogen-bond acceptors (Lipinski definition) is 5. The molecule has 7 heteroatoms. The first kappa shape index (κ1) is 19.1. The molecule has 1 aromatic heterocycles. The third kappa shape index (κ3) is 5.00. The molecule has 4 rings (SSSR count). The maximum atomic E-state index is 13.4. The highest BCUT2D eigenvalue weighted by atomic mass is 32.2. The number of pyridine rings is 1. The summed E-state index contributed by atoms with van der Waals surface area (Å²) < 4.78 is 13.4. The Morgan fingerprint density at radius 1 is 1.14 bits per heavy atom. The number of thioether (sulfide) groups is 1. The van der Waals surface area contributed by atoms with Gasteiger partial charge in [-0.15, -0.1) is 11.8 Å². The van der Waals surface area contributed by atoms with E-state index in [1.54, 1.807) is 30.1 Å². The van der Waals surface area contributed by atoms with Crippen LogP contribution in [0.15, 0.2) is 83.1 Å². The van der Waals surface area contributed by atoms with Gasteiger partial charge in [0.25, 0.3) is 5.91 Å². The van der Waals surface area contributed by atoms with Crippen LogP contribution in [0.5, 0.6) is 0 Å². The van der Waals surface area contributed by atoms with E-state index >= 15 is 0 Å². The van der Waals surface area contributed by atoms with Crippen LogP contribution in [0.2, 0.25) is 0 Å². The molecule has 1 atom stereocenters. The third-order valence-corrected chi connectivity index (χ3v) is 5.35. The summed E-state index contributed by atoms with van der Waals surface area (Å²) in [4.78, 5) is 22.1. The molecule has 2 aromatic carbocycles. The summed E-state index contributed by atoms with van der Waals surface area (Å²) in [5.41, 5.74) is 2.94. The molecule has 0 aliphatic carbocycles. The molecule has 0 saturated heterocycles. The van der Waals surface area contributed by atoms with E-state index in [0.717, 1.165) is 16.3 Å². The summed E-state index contributed by atoms with van der Waals surface area (Å²) in [7, 11) is 0. The van der Waals surface area contributed by atoms with Crippen LogP contribution < -0.4 is 5.32 Å². The van der Waals surface area contributed by atoms with Crippen molar-refractivity contribution >= 4 is 29.1 Å². The molecule has 0 saturated carbocycles. The van der Waals surface area contributed by atoms with Crippen molar-refractivity contribution in [2.75, 3.05) is 5.32 Å². The van der Waals surface area contributed by atoms with Gasteiger partial charge in [-0.05, 0) is 42.0 Å². The maximum absolute atomic E-state index is 13.4. The summed E-state index contributed by atoms with van der Waals surface area (Å²) in [6, 6.07) is 19.5. The van der Waals surface area contributed by atoms with Gasteiger partial charge >= 0.3 is 0 Å². The molecule has 2 heterocycles. The first-order chi connectivity index (χ1) is 14.2. The lowest BCUT2D eigenvalue weighted by Gasteiger charge is -2.10. The van der Waals surface area contributed by atoms with Gasteiger partial charge in [-0.1, -0.05) is 35.5 Å². The second-order valence-corrected chi connectivity index (χ2v) is 7.49. The Kier molecular flexibility index (Phi) is 5.86. The number of aromatic nitrogens is 1. The summed E-state index contributed by atoms with van der Waals surface area (Å²) in [5.74, 6) is 0.112. The van der Waals surface area contributed by atoms with Crippen LogP contribution >= 0.6 is 11.8 Å². The lowest BCUT2D eigenvalue weighted by Crippen LogP contribution is -2.28. The van der Waals surface area contributed by atoms with Gasteiger partial charge in [-0.25, -0.2) is 9.37 Å². The highest BCUT2D eigenvalue weighted by Crippen LogP contribution is 2.23. The van der Waals surface area contributed by atoms with Crippen LogP contribution in [0.1, 0.15) is 17.5 Å². The van der Waals surface area contributed by atoms with Crippen molar-refractivity contribution in [3.05, 3.63) is 89.9 Å². The minimum atomic E-state index is -0.736. The molecule has 1 N–H and O–H groups in total. The molecule has 1 aliphatic heterocycles. The summed E-state index contributed by atoms with van der Waals surface area (Å²) in [6.45, 7) is 0. The zero-order valence-corrected chi connectivity index (χ0v) is 16.2. The first-order valence-electron chi connectivity index (χ1n) is 9.10. The number of amides is 1. The Morgan fingerprint density at radius 2 is 2.03 bits per heavy atom. The molecule has 1 aliphatic rings. The average Bonchev–Trinajstić information content (AvgIpc) is 3.24. The van der Waals surface area contributed by atoms with Crippen molar-refractivity contribution in [3.8, 4) is 0 Å². The van der Waals surface area contributed by atoms with Crippen LogP contribution in [0, 0.1) is 5.82 Å².